The Morgan fingerprint density at radius 1 is 1.00 bits per heavy atom. The standard InChI is InChI=1S/C8H5F9O2/c1-2-6(12,13)7(14,15)8(16,17)19-5(18)3(9)4(10)11/h2H2,1H3. The fourth-order valence-corrected chi connectivity index (χ4v) is 0.737. The lowest BCUT2D eigenvalue weighted by molar-refractivity contribution is -0.384. The van der Waals surface area contributed by atoms with Gasteiger partial charge in [0.15, 0.2) is 0 Å². The molecule has 112 valence electrons. The van der Waals surface area contributed by atoms with Gasteiger partial charge in [0.05, 0.1) is 0 Å². The third-order valence-corrected chi connectivity index (χ3v) is 1.83. The molecule has 0 bridgehead atoms. The molecule has 0 heterocycles. The molecule has 2 nitrogen and oxygen atoms in total. The molecule has 0 saturated carbocycles. The van der Waals surface area contributed by atoms with Crippen molar-refractivity contribution >= 4 is 5.97 Å². The SMILES string of the molecule is CCC(F)(F)C(F)(F)C(F)(F)OC(=O)C(F)=C(F)F. The monoisotopic (exact) mass is 304 g/mol. The predicted octanol–water partition coefficient (Wildman–Crippen LogP) is 3.88. The van der Waals surface area contributed by atoms with Crippen molar-refractivity contribution < 1.29 is 49.0 Å². The second-order valence-corrected chi connectivity index (χ2v) is 3.11. The van der Waals surface area contributed by atoms with E-state index in [9.17, 15) is 44.3 Å². The van der Waals surface area contributed by atoms with Crippen LogP contribution in [0.5, 0.6) is 0 Å². The molecule has 0 fully saturated rings. The molecule has 0 spiro atoms. The Balaban J connectivity index is 5.31. The molecule has 0 unspecified atom stereocenters. The van der Waals surface area contributed by atoms with Crippen molar-refractivity contribution in [1.82, 2.24) is 0 Å². The average molecular weight is 304 g/mol. The number of halogens is 9. The van der Waals surface area contributed by atoms with Gasteiger partial charge in [0.2, 0.25) is 0 Å². The molecule has 0 N–H and O–H groups in total. The van der Waals surface area contributed by atoms with Gasteiger partial charge in [0.25, 0.3) is 5.83 Å². The highest BCUT2D eigenvalue weighted by molar-refractivity contribution is 5.86. The van der Waals surface area contributed by atoms with E-state index in [-0.39, 0.29) is 0 Å². The van der Waals surface area contributed by atoms with Crippen molar-refractivity contribution in [1.29, 1.82) is 0 Å². The van der Waals surface area contributed by atoms with E-state index in [0.29, 0.717) is 6.92 Å². The molecule has 0 aliphatic rings. The van der Waals surface area contributed by atoms with Crippen LogP contribution in [0.4, 0.5) is 39.5 Å². The summed E-state index contributed by atoms with van der Waals surface area (Å²) in [5.74, 6) is -17.9. The number of esters is 1. The van der Waals surface area contributed by atoms with Gasteiger partial charge in [-0.1, -0.05) is 6.92 Å². The van der Waals surface area contributed by atoms with E-state index in [0.717, 1.165) is 0 Å². The van der Waals surface area contributed by atoms with E-state index in [4.69, 9.17) is 0 Å². The van der Waals surface area contributed by atoms with Gasteiger partial charge in [-0.05, 0) is 0 Å². The lowest BCUT2D eigenvalue weighted by Crippen LogP contribution is -2.55. The van der Waals surface area contributed by atoms with Crippen molar-refractivity contribution in [3.05, 3.63) is 11.9 Å². The maximum atomic E-state index is 12.7. The van der Waals surface area contributed by atoms with Gasteiger partial charge in [-0.2, -0.15) is 39.5 Å². The number of alkyl halides is 6. The first kappa shape index (κ1) is 17.6. The van der Waals surface area contributed by atoms with Crippen molar-refractivity contribution in [2.24, 2.45) is 0 Å². The summed E-state index contributed by atoms with van der Waals surface area (Å²) in [7, 11) is 0. The third-order valence-electron chi connectivity index (χ3n) is 1.83. The summed E-state index contributed by atoms with van der Waals surface area (Å²) in [5.41, 5.74) is 0. The Labute approximate surface area is 99.4 Å². The maximum Gasteiger partial charge on any atom is 0.473 e. The van der Waals surface area contributed by atoms with E-state index in [1.54, 1.807) is 0 Å². The van der Waals surface area contributed by atoms with E-state index in [1.807, 2.05) is 0 Å². The molecule has 19 heavy (non-hydrogen) atoms. The van der Waals surface area contributed by atoms with Crippen LogP contribution in [0.2, 0.25) is 0 Å². The molecule has 0 aromatic rings. The Hall–Kier alpha value is -1.42. The lowest BCUT2D eigenvalue weighted by Gasteiger charge is -2.30. The highest BCUT2D eigenvalue weighted by atomic mass is 19.3. The smallest absolute Gasteiger partial charge is 0.390 e. The molecule has 0 aromatic carbocycles. The molecule has 0 aliphatic carbocycles. The number of rotatable bonds is 5. The molecule has 0 rings (SSSR count). The molecular formula is C8H5F9O2. The summed E-state index contributed by atoms with van der Waals surface area (Å²) in [6.45, 7) is 0.424. The minimum absolute atomic E-state index is 0.424. The molecule has 0 aliphatic heterocycles. The van der Waals surface area contributed by atoms with Crippen LogP contribution in [0, 0.1) is 0 Å². The normalized spacial score (nSPS) is 13.2. The Morgan fingerprint density at radius 3 is 1.74 bits per heavy atom. The summed E-state index contributed by atoms with van der Waals surface area (Å²) in [4.78, 5) is 10.3. The van der Waals surface area contributed by atoms with Crippen LogP contribution < -0.4 is 0 Å². The molecule has 0 amide bonds. The van der Waals surface area contributed by atoms with E-state index >= 15 is 0 Å². The van der Waals surface area contributed by atoms with Crippen molar-refractivity contribution in [3.63, 3.8) is 0 Å². The first-order valence-corrected chi connectivity index (χ1v) is 4.37. The molecule has 0 atom stereocenters. The first-order chi connectivity index (χ1) is 8.30. The number of hydrogen-bond acceptors (Lipinski definition) is 2. The summed E-state index contributed by atoms with van der Waals surface area (Å²) < 4.78 is 113. The van der Waals surface area contributed by atoms with Gasteiger partial charge in [-0.25, -0.2) is 4.79 Å². The zero-order valence-electron chi connectivity index (χ0n) is 8.93. The second kappa shape index (κ2) is 5.29. The number of hydrogen-bond donors (Lipinski definition) is 0. The number of carbonyl (C=O) groups excluding carboxylic acids is 1. The first-order valence-electron chi connectivity index (χ1n) is 4.37. The van der Waals surface area contributed by atoms with Gasteiger partial charge in [0, 0.05) is 6.42 Å². The zero-order chi connectivity index (χ0) is 15.6. The van der Waals surface area contributed by atoms with Crippen molar-refractivity contribution in [2.45, 2.75) is 31.3 Å². The van der Waals surface area contributed by atoms with Crippen LogP contribution in [0.1, 0.15) is 13.3 Å². The van der Waals surface area contributed by atoms with E-state index in [2.05, 4.69) is 4.74 Å². The summed E-state index contributed by atoms with van der Waals surface area (Å²) in [6.07, 6.45) is -11.4. The third kappa shape index (κ3) is 3.32. The average Bonchev–Trinajstić information content (AvgIpc) is 2.26. The van der Waals surface area contributed by atoms with Crippen molar-refractivity contribution in [3.8, 4) is 0 Å². The number of carbonyl (C=O) groups is 1. The lowest BCUT2D eigenvalue weighted by atomic mass is 10.1. The molecule has 11 heteroatoms. The van der Waals surface area contributed by atoms with Crippen LogP contribution in [-0.2, 0) is 9.53 Å². The Kier molecular flexibility index (Phi) is 4.90. The molecular weight excluding hydrogens is 299 g/mol. The quantitative estimate of drug-likeness (QED) is 0.438. The summed E-state index contributed by atoms with van der Waals surface area (Å²) in [5, 5.41) is 0. The summed E-state index contributed by atoms with van der Waals surface area (Å²) >= 11 is 0. The molecule has 0 aromatic heterocycles. The highest BCUT2D eigenvalue weighted by Gasteiger charge is 2.73. The fraction of sp³-hybridized carbons (Fsp3) is 0.625. The maximum absolute atomic E-state index is 12.7. The van der Waals surface area contributed by atoms with Crippen molar-refractivity contribution in [2.75, 3.05) is 0 Å². The largest absolute Gasteiger partial charge is 0.473 e. The van der Waals surface area contributed by atoms with Crippen LogP contribution in [0.25, 0.3) is 0 Å². The van der Waals surface area contributed by atoms with E-state index < -0.39 is 42.3 Å². The van der Waals surface area contributed by atoms with Gasteiger partial charge in [0.1, 0.15) is 0 Å². The number of ether oxygens (including phenoxy) is 1. The minimum atomic E-state index is -6.20. The highest BCUT2D eigenvalue weighted by Crippen LogP contribution is 2.48. The van der Waals surface area contributed by atoms with Crippen LogP contribution in [-0.4, -0.2) is 23.9 Å². The zero-order valence-corrected chi connectivity index (χ0v) is 8.93. The fourth-order valence-electron chi connectivity index (χ4n) is 0.737. The molecule has 0 radical (unpaired) electrons. The topological polar surface area (TPSA) is 26.3 Å². The molecule has 0 saturated heterocycles. The van der Waals surface area contributed by atoms with Crippen LogP contribution >= 0.6 is 0 Å². The van der Waals surface area contributed by atoms with Gasteiger partial charge < -0.3 is 4.74 Å². The van der Waals surface area contributed by atoms with E-state index in [1.165, 1.54) is 0 Å². The van der Waals surface area contributed by atoms with Gasteiger partial charge in [-0.3, -0.25) is 0 Å². The van der Waals surface area contributed by atoms with Gasteiger partial charge in [-0.15, -0.1) is 0 Å². The van der Waals surface area contributed by atoms with Crippen LogP contribution in [0.3, 0.4) is 0 Å². The Bertz CT molecular complexity index is 384. The predicted molar refractivity (Wildman–Crippen MR) is 41.6 cm³/mol. The Morgan fingerprint density at radius 2 is 1.42 bits per heavy atom. The van der Waals surface area contributed by atoms with Crippen LogP contribution in [0.15, 0.2) is 11.9 Å². The second-order valence-electron chi connectivity index (χ2n) is 3.11. The summed E-state index contributed by atoms with van der Waals surface area (Å²) in [6, 6.07) is 0. The van der Waals surface area contributed by atoms with Gasteiger partial charge >= 0.3 is 30.0 Å². The minimum Gasteiger partial charge on any atom is -0.390 e.